The van der Waals surface area contributed by atoms with Gasteiger partial charge in [0.15, 0.2) is 5.75 Å². The van der Waals surface area contributed by atoms with Crippen LogP contribution in [0.25, 0.3) is 10.9 Å². The van der Waals surface area contributed by atoms with Crippen LogP contribution >= 0.6 is 0 Å². The second-order valence-corrected chi connectivity index (χ2v) is 5.31. The lowest BCUT2D eigenvalue weighted by molar-refractivity contribution is -0.384. The van der Waals surface area contributed by atoms with Crippen LogP contribution in [0.15, 0.2) is 17.1 Å². The molecule has 23 heavy (non-hydrogen) atoms. The molecular weight excluding hydrogens is 311 g/mol. The average Bonchev–Trinajstić information content (AvgIpc) is 3.27. The number of nitrogens with zero attached hydrogens (tertiary/aromatic N) is 2. The van der Waals surface area contributed by atoms with Gasteiger partial charge in [0.25, 0.3) is 5.69 Å². The molecule has 0 bridgehead atoms. The smallest absolute Gasteiger partial charge is 0.449 e. The quantitative estimate of drug-likeness (QED) is 0.528. The maximum absolute atomic E-state index is 14.0. The summed E-state index contributed by atoms with van der Waals surface area (Å²) >= 11 is 0. The molecule has 0 unspecified atom stereocenters. The fourth-order valence-corrected chi connectivity index (χ4v) is 2.57. The number of halogens is 1. The Morgan fingerprint density at radius 3 is 2.70 bits per heavy atom. The number of carboxylic acid groups (broad SMARTS) is 1. The van der Waals surface area contributed by atoms with E-state index in [9.17, 15) is 24.1 Å². The molecule has 2 aromatic rings. The Kier molecular flexibility index (Phi) is 3.28. The first-order chi connectivity index (χ1) is 10.8. The summed E-state index contributed by atoms with van der Waals surface area (Å²) in [5, 5.41) is 19.8. The van der Waals surface area contributed by atoms with Crippen molar-refractivity contribution in [1.82, 2.24) is 4.57 Å². The first-order valence-electron chi connectivity index (χ1n) is 6.74. The van der Waals surface area contributed by atoms with Crippen molar-refractivity contribution in [3.63, 3.8) is 0 Å². The maximum Gasteiger partial charge on any atom is 0.511 e. The summed E-state index contributed by atoms with van der Waals surface area (Å²) in [7, 11) is 0. The van der Waals surface area contributed by atoms with E-state index in [0.717, 1.165) is 25.1 Å². The van der Waals surface area contributed by atoms with Gasteiger partial charge in [-0.15, -0.1) is 0 Å². The number of aromatic nitrogens is 1. The molecule has 0 spiro atoms. The molecule has 1 saturated carbocycles. The first kappa shape index (κ1) is 14.9. The van der Waals surface area contributed by atoms with Gasteiger partial charge in [-0.25, -0.2) is 9.18 Å². The van der Waals surface area contributed by atoms with Gasteiger partial charge in [0.1, 0.15) is 11.3 Å². The third-order valence-electron chi connectivity index (χ3n) is 3.77. The Balaban J connectivity index is 2.47. The highest BCUT2D eigenvalue weighted by Gasteiger charge is 2.32. The molecule has 0 radical (unpaired) electrons. The van der Waals surface area contributed by atoms with Crippen molar-refractivity contribution in [3.8, 4) is 5.75 Å². The van der Waals surface area contributed by atoms with Gasteiger partial charge in [-0.05, 0) is 25.8 Å². The number of hydrogen-bond acceptors (Lipinski definition) is 5. The summed E-state index contributed by atoms with van der Waals surface area (Å²) in [6.45, 7) is 1.26. The summed E-state index contributed by atoms with van der Waals surface area (Å²) in [4.78, 5) is 33.6. The predicted octanol–water partition coefficient (Wildman–Crippen LogP) is 2.75. The highest BCUT2D eigenvalue weighted by atomic mass is 19.1. The Bertz CT molecular complexity index is 916. The number of hydrogen-bond donors (Lipinski definition) is 1. The van der Waals surface area contributed by atoms with Crippen LogP contribution in [0.4, 0.5) is 14.9 Å². The number of nitro benzene ring substituents is 1. The van der Waals surface area contributed by atoms with Crippen molar-refractivity contribution >= 4 is 22.7 Å². The summed E-state index contributed by atoms with van der Waals surface area (Å²) in [5.74, 6) is -1.41. The minimum absolute atomic E-state index is 0.0147. The van der Waals surface area contributed by atoms with Crippen LogP contribution in [0.5, 0.6) is 5.75 Å². The van der Waals surface area contributed by atoms with Crippen LogP contribution in [-0.2, 0) is 0 Å². The van der Waals surface area contributed by atoms with Gasteiger partial charge < -0.3 is 14.4 Å². The zero-order valence-electron chi connectivity index (χ0n) is 11.9. The molecule has 1 aromatic heterocycles. The van der Waals surface area contributed by atoms with Crippen molar-refractivity contribution in [3.05, 3.63) is 44.0 Å². The van der Waals surface area contributed by atoms with Crippen molar-refractivity contribution in [1.29, 1.82) is 0 Å². The average molecular weight is 322 g/mol. The molecule has 0 amide bonds. The third-order valence-corrected chi connectivity index (χ3v) is 3.77. The predicted molar refractivity (Wildman–Crippen MR) is 76.5 cm³/mol. The van der Waals surface area contributed by atoms with Crippen LogP contribution in [0, 0.1) is 22.9 Å². The zero-order valence-corrected chi connectivity index (χ0v) is 11.9. The standard InChI is InChI=1S/C14H11FN2O6/c1-6-9(15)4-8-12(11(6)17(21)22)16(7-2-3-7)5-10(13(8)18)23-14(19)20/h4-5,7H,2-3H2,1H3,(H,19,20). The van der Waals surface area contributed by atoms with Crippen molar-refractivity contribution in [2.45, 2.75) is 25.8 Å². The number of ether oxygens (including phenoxy) is 1. The van der Waals surface area contributed by atoms with Gasteiger partial charge >= 0.3 is 6.16 Å². The number of rotatable bonds is 3. The second kappa shape index (κ2) is 5.04. The lowest BCUT2D eigenvalue weighted by Crippen LogP contribution is -2.17. The number of fused-ring (bicyclic) bond motifs is 1. The van der Waals surface area contributed by atoms with Crippen molar-refractivity contribution < 1.29 is 24.0 Å². The highest BCUT2D eigenvalue weighted by Crippen LogP contribution is 2.41. The molecule has 3 rings (SSSR count). The molecule has 1 aliphatic rings. The Labute approximate surface area is 127 Å². The minimum Gasteiger partial charge on any atom is -0.449 e. The van der Waals surface area contributed by atoms with E-state index in [4.69, 9.17) is 5.11 Å². The lowest BCUT2D eigenvalue weighted by Gasteiger charge is -2.13. The van der Waals surface area contributed by atoms with E-state index in [2.05, 4.69) is 4.74 Å². The SMILES string of the molecule is Cc1c(F)cc2c(=O)c(OC(=O)O)cn(C3CC3)c2c1[N+](=O)[O-]. The first-order valence-corrected chi connectivity index (χ1v) is 6.74. The zero-order chi connectivity index (χ0) is 16.9. The van der Waals surface area contributed by atoms with Crippen LogP contribution in [-0.4, -0.2) is 20.8 Å². The Morgan fingerprint density at radius 1 is 1.52 bits per heavy atom. The Hall–Kier alpha value is -2.97. The van der Waals surface area contributed by atoms with Crippen LogP contribution in [0.3, 0.4) is 0 Å². The third kappa shape index (κ3) is 2.39. The van der Waals surface area contributed by atoms with Gasteiger partial charge in [0.2, 0.25) is 5.43 Å². The molecule has 1 fully saturated rings. The van der Waals surface area contributed by atoms with Gasteiger partial charge in [0.05, 0.1) is 22.1 Å². The molecule has 1 heterocycles. The van der Waals surface area contributed by atoms with E-state index in [1.807, 2.05) is 0 Å². The highest BCUT2D eigenvalue weighted by molar-refractivity contribution is 5.90. The summed E-state index contributed by atoms with van der Waals surface area (Å²) in [6, 6.07) is 0.769. The Morgan fingerprint density at radius 2 is 2.17 bits per heavy atom. The van der Waals surface area contributed by atoms with Crippen molar-refractivity contribution in [2.75, 3.05) is 0 Å². The monoisotopic (exact) mass is 322 g/mol. The minimum atomic E-state index is -1.69. The second-order valence-electron chi connectivity index (χ2n) is 5.31. The number of benzene rings is 1. The van der Waals surface area contributed by atoms with Crippen LogP contribution in [0.1, 0.15) is 24.4 Å². The number of carbonyl (C=O) groups is 1. The van der Waals surface area contributed by atoms with E-state index in [1.165, 1.54) is 11.5 Å². The summed E-state index contributed by atoms with van der Waals surface area (Å²) in [6.07, 6.45) is 0.891. The molecule has 1 aliphatic carbocycles. The lowest BCUT2D eigenvalue weighted by atomic mass is 10.1. The van der Waals surface area contributed by atoms with E-state index in [-0.39, 0.29) is 22.5 Å². The van der Waals surface area contributed by atoms with E-state index in [1.54, 1.807) is 0 Å². The number of pyridine rings is 1. The van der Waals surface area contributed by atoms with E-state index in [0.29, 0.717) is 0 Å². The van der Waals surface area contributed by atoms with E-state index < -0.39 is 33.8 Å². The molecule has 9 heteroatoms. The normalized spacial score (nSPS) is 14.0. The van der Waals surface area contributed by atoms with Gasteiger partial charge in [-0.3, -0.25) is 14.9 Å². The number of nitro groups is 1. The van der Waals surface area contributed by atoms with Gasteiger partial charge in [-0.2, -0.15) is 0 Å². The van der Waals surface area contributed by atoms with Crippen LogP contribution < -0.4 is 10.2 Å². The summed E-state index contributed by atoms with van der Waals surface area (Å²) in [5.41, 5.74) is -1.59. The maximum atomic E-state index is 14.0. The largest absolute Gasteiger partial charge is 0.511 e. The molecule has 1 aromatic carbocycles. The molecule has 0 saturated heterocycles. The molecule has 8 nitrogen and oxygen atoms in total. The fraction of sp³-hybridized carbons (Fsp3) is 0.286. The molecule has 0 atom stereocenters. The molecule has 0 aliphatic heterocycles. The fourth-order valence-electron chi connectivity index (χ4n) is 2.57. The topological polar surface area (TPSA) is 112 Å². The van der Waals surface area contributed by atoms with Crippen LogP contribution in [0.2, 0.25) is 0 Å². The van der Waals surface area contributed by atoms with Gasteiger partial charge in [0, 0.05) is 6.04 Å². The molecule has 120 valence electrons. The molecule has 1 N–H and O–H groups in total. The molecular formula is C14H11FN2O6. The van der Waals surface area contributed by atoms with E-state index >= 15 is 0 Å². The van der Waals surface area contributed by atoms with Crippen molar-refractivity contribution in [2.24, 2.45) is 0 Å². The van der Waals surface area contributed by atoms with Gasteiger partial charge in [-0.1, -0.05) is 0 Å². The summed E-state index contributed by atoms with van der Waals surface area (Å²) < 4.78 is 19.8.